The smallest absolute Gasteiger partial charge is 0.339 e. The van der Waals surface area contributed by atoms with Crippen LogP contribution in [0.25, 0.3) is 0 Å². The third-order valence-electron chi connectivity index (χ3n) is 3.14. The van der Waals surface area contributed by atoms with Crippen LogP contribution < -0.4 is 4.90 Å². The minimum absolute atomic E-state index is 0.337. The molecule has 0 fully saturated rings. The number of nitrogens with zero attached hydrogens (tertiary/aromatic N) is 3. The van der Waals surface area contributed by atoms with Gasteiger partial charge in [0.05, 0.1) is 12.2 Å². The maximum atomic E-state index is 11.6. The van der Waals surface area contributed by atoms with Crippen molar-refractivity contribution in [3.63, 3.8) is 0 Å². The maximum Gasteiger partial charge on any atom is 0.339 e. The van der Waals surface area contributed by atoms with E-state index in [2.05, 4.69) is 14.9 Å². The molecule has 2 rings (SSSR count). The highest BCUT2D eigenvalue weighted by Crippen LogP contribution is 2.11. The van der Waals surface area contributed by atoms with Crippen LogP contribution in [-0.2, 0) is 11.2 Å². The summed E-state index contributed by atoms with van der Waals surface area (Å²) in [6.07, 6.45) is 6.06. The molecule has 0 aromatic carbocycles. The molecule has 0 unspecified atom stereocenters. The SMILES string of the molecule is CCOC(=O)c1ccc(N(C)CCc2ccncc2)nc1. The molecular weight excluding hydrogens is 266 g/mol. The van der Waals surface area contributed by atoms with Crippen molar-refractivity contribution < 1.29 is 9.53 Å². The van der Waals surface area contributed by atoms with Crippen LogP contribution in [0.3, 0.4) is 0 Å². The van der Waals surface area contributed by atoms with E-state index in [1.807, 2.05) is 25.2 Å². The average Bonchev–Trinajstić information content (AvgIpc) is 2.54. The average molecular weight is 285 g/mol. The molecule has 0 saturated heterocycles. The lowest BCUT2D eigenvalue weighted by atomic mass is 10.2. The quantitative estimate of drug-likeness (QED) is 0.762. The molecule has 2 heterocycles. The van der Waals surface area contributed by atoms with Gasteiger partial charge in [-0.15, -0.1) is 0 Å². The second-order valence-corrected chi connectivity index (χ2v) is 4.65. The van der Waals surface area contributed by atoms with E-state index in [4.69, 9.17) is 4.74 Å². The Morgan fingerprint density at radius 3 is 2.62 bits per heavy atom. The summed E-state index contributed by atoms with van der Waals surface area (Å²) in [6, 6.07) is 7.58. The summed E-state index contributed by atoms with van der Waals surface area (Å²) in [5, 5.41) is 0. The Labute approximate surface area is 124 Å². The first-order chi connectivity index (χ1) is 10.2. The summed E-state index contributed by atoms with van der Waals surface area (Å²) in [4.78, 5) is 21.9. The van der Waals surface area contributed by atoms with Crippen LogP contribution in [-0.4, -0.2) is 36.1 Å². The molecule has 0 aliphatic rings. The van der Waals surface area contributed by atoms with Gasteiger partial charge in [-0.2, -0.15) is 0 Å². The van der Waals surface area contributed by atoms with E-state index in [1.165, 1.54) is 5.56 Å². The molecule has 0 N–H and O–H groups in total. The van der Waals surface area contributed by atoms with Gasteiger partial charge >= 0.3 is 5.97 Å². The van der Waals surface area contributed by atoms with Gasteiger partial charge in [0.1, 0.15) is 5.82 Å². The fraction of sp³-hybridized carbons (Fsp3) is 0.312. The van der Waals surface area contributed by atoms with Gasteiger partial charge in [0, 0.05) is 32.2 Å². The van der Waals surface area contributed by atoms with E-state index in [0.29, 0.717) is 12.2 Å². The van der Waals surface area contributed by atoms with Gasteiger partial charge in [0.25, 0.3) is 0 Å². The van der Waals surface area contributed by atoms with E-state index in [9.17, 15) is 4.79 Å². The van der Waals surface area contributed by atoms with Crippen LogP contribution in [0.1, 0.15) is 22.8 Å². The van der Waals surface area contributed by atoms with Crippen molar-refractivity contribution in [1.82, 2.24) is 9.97 Å². The predicted molar refractivity (Wildman–Crippen MR) is 81.4 cm³/mol. The van der Waals surface area contributed by atoms with Crippen molar-refractivity contribution in [1.29, 1.82) is 0 Å². The Morgan fingerprint density at radius 1 is 1.24 bits per heavy atom. The van der Waals surface area contributed by atoms with Crippen LogP contribution in [0.2, 0.25) is 0 Å². The second kappa shape index (κ2) is 7.38. The highest BCUT2D eigenvalue weighted by Gasteiger charge is 2.08. The Morgan fingerprint density at radius 2 is 2.00 bits per heavy atom. The summed E-state index contributed by atoms with van der Waals surface area (Å²) >= 11 is 0. The summed E-state index contributed by atoms with van der Waals surface area (Å²) < 4.78 is 4.94. The van der Waals surface area contributed by atoms with Gasteiger partial charge in [-0.1, -0.05) is 0 Å². The standard InChI is InChI=1S/C16H19N3O2/c1-3-21-16(20)14-4-5-15(18-12-14)19(2)11-8-13-6-9-17-10-7-13/h4-7,9-10,12H,3,8,11H2,1-2H3. The summed E-state index contributed by atoms with van der Waals surface area (Å²) in [5.41, 5.74) is 1.71. The van der Waals surface area contributed by atoms with Gasteiger partial charge in [0.15, 0.2) is 0 Å². The zero-order valence-corrected chi connectivity index (χ0v) is 12.3. The van der Waals surface area contributed by atoms with Crippen molar-refractivity contribution in [3.8, 4) is 0 Å². The number of pyridine rings is 2. The van der Waals surface area contributed by atoms with E-state index in [1.54, 1.807) is 31.6 Å². The number of carbonyl (C=O) groups excluding carboxylic acids is 1. The van der Waals surface area contributed by atoms with Crippen molar-refractivity contribution in [2.75, 3.05) is 25.1 Å². The van der Waals surface area contributed by atoms with E-state index >= 15 is 0 Å². The number of likely N-dealkylation sites (N-methyl/N-ethyl adjacent to an activating group) is 1. The topological polar surface area (TPSA) is 55.3 Å². The molecule has 2 aromatic rings. The summed E-state index contributed by atoms with van der Waals surface area (Å²) in [6.45, 7) is 2.99. The summed E-state index contributed by atoms with van der Waals surface area (Å²) in [7, 11) is 1.98. The van der Waals surface area contributed by atoms with Gasteiger partial charge in [-0.3, -0.25) is 4.98 Å². The number of ether oxygens (including phenoxy) is 1. The fourth-order valence-corrected chi connectivity index (χ4v) is 1.91. The van der Waals surface area contributed by atoms with E-state index < -0.39 is 0 Å². The fourth-order valence-electron chi connectivity index (χ4n) is 1.91. The molecule has 0 aliphatic heterocycles. The third-order valence-corrected chi connectivity index (χ3v) is 3.14. The first-order valence-electron chi connectivity index (χ1n) is 6.94. The molecule has 0 radical (unpaired) electrons. The molecule has 0 bridgehead atoms. The Kier molecular flexibility index (Phi) is 5.26. The highest BCUT2D eigenvalue weighted by molar-refractivity contribution is 5.89. The molecule has 110 valence electrons. The molecule has 0 amide bonds. The summed E-state index contributed by atoms with van der Waals surface area (Å²) in [5.74, 6) is 0.494. The van der Waals surface area contributed by atoms with E-state index in [-0.39, 0.29) is 5.97 Å². The Hall–Kier alpha value is -2.43. The minimum Gasteiger partial charge on any atom is -0.462 e. The Balaban J connectivity index is 1.93. The van der Waals surface area contributed by atoms with Crippen LogP contribution in [0.15, 0.2) is 42.9 Å². The molecule has 0 aliphatic carbocycles. The number of hydrogen-bond donors (Lipinski definition) is 0. The van der Waals surface area contributed by atoms with Crippen LogP contribution in [0.4, 0.5) is 5.82 Å². The van der Waals surface area contributed by atoms with E-state index in [0.717, 1.165) is 18.8 Å². The van der Waals surface area contributed by atoms with Gasteiger partial charge in [-0.25, -0.2) is 9.78 Å². The van der Waals surface area contributed by atoms with Gasteiger partial charge in [-0.05, 0) is 43.2 Å². The van der Waals surface area contributed by atoms with Gasteiger partial charge in [0.2, 0.25) is 0 Å². The molecule has 0 spiro atoms. The minimum atomic E-state index is -0.337. The van der Waals surface area contributed by atoms with Crippen molar-refractivity contribution in [3.05, 3.63) is 54.0 Å². The Bertz CT molecular complexity index is 570. The van der Waals surface area contributed by atoms with Crippen LogP contribution in [0, 0.1) is 0 Å². The molecule has 2 aromatic heterocycles. The largest absolute Gasteiger partial charge is 0.462 e. The lowest BCUT2D eigenvalue weighted by molar-refractivity contribution is 0.0526. The molecular formula is C16H19N3O2. The number of carbonyl (C=O) groups is 1. The number of rotatable bonds is 6. The maximum absolute atomic E-state index is 11.6. The third kappa shape index (κ3) is 4.27. The first-order valence-corrected chi connectivity index (χ1v) is 6.94. The first kappa shape index (κ1) is 15.0. The lowest BCUT2D eigenvalue weighted by Gasteiger charge is -2.18. The van der Waals surface area contributed by atoms with Gasteiger partial charge < -0.3 is 9.64 Å². The number of hydrogen-bond acceptors (Lipinski definition) is 5. The molecule has 21 heavy (non-hydrogen) atoms. The molecule has 0 saturated carbocycles. The number of esters is 1. The lowest BCUT2D eigenvalue weighted by Crippen LogP contribution is -2.21. The van der Waals surface area contributed by atoms with Crippen molar-refractivity contribution in [2.24, 2.45) is 0 Å². The molecule has 5 heteroatoms. The van der Waals surface area contributed by atoms with Crippen molar-refractivity contribution >= 4 is 11.8 Å². The normalized spacial score (nSPS) is 10.2. The monoisotopic (exact) mass is 285 g/mol. The highest BCUT2D eigenvalue weighted by atomic mass is 16.5. The zero-order valence-electron chi connectivity index (χ0n) is 12.3. The predicted octanol–water partition coefficient (Wildman–Crippen LogP) is 2.33. The number of aromatic nitrogens is 2. The van der Waals surface area contributed by atoms with Crippen LogP contribution >= 0.6 is 0 Å². The van der Waals surface area contributed by atoms with Crippen LogP contribution in [0.5, 0.6) is 0 Å². The zero-order chi connectivity index (χ0) is 15.1. The number of anilines is 1. The second-order valence-electron chi connectivity index (χ2n) is 4.65. The molecule has 0 atom stereocenters. The molecule has 5 nitrogen and oxygen atoms in total. The van der Waals surface area contributed by atoms with Crippen molar-refractivity contribution in [2.45, 2.75) is 13.3 Å².